The zero-order valence-corrected chi connectivity index (χ0v) is 18.3. The highest BCUT2D eigenvalue weighted by molar-refractivity contribution is 5.84. The lowest BCUT2D eigenvalue weighted by atomic mass is 9.80. The fraction of sp³-hybridized carbons (Fsp3) is 0.269. The Bertz CT molecular complexity index is 1280. The maximum absolute atomic E-state index is 6.19. The number of fused-ring (bicyclic) bond motifs is 4. The van der Waals surface area contributed by atoms with E-state index in [1.165, 1.54) is 0 Å². The lowest BCUT2D eigenvalue weighted by Crippen LogP contribution is -2.42. The highest BCUT2D eigenvalue weighted by Crippen LogP contribution is 2.50. The first-order chi connectivity index (χ1) is 15.3. The molecule has 1 spiro atoms. The van der Waals surface area contributed by atoms with Gasteiger partial charge in [-0.05, 0) is 50.6 Å². The van der Waals surface area contributed by atoms with E-state index in [0.29, 0.717) is 30.7 Å². The smallest absolute Gasteiger partial charge is 0.225 e. The molecule has 0 fully saturated rings. The molecule has 1 atom stereocenters. The van der Waals surface area contributed by atoms with Crippen molar-refractivity contribution in [3.8, 4) is 34.6 Å². The minimum absolute atomic E-state index is 0.119. The fourth-order valence-electron chi connectivity index (χ4n) is 3.95. The molecule has 0 aliphatic carbocycles. The summed E-state index contributed by atoms with van der Waals surface area (Å²) in [6, 6.07) is 12.0. The molecule has 6 heteroatoms. The summed E-state index contributed by atoms with van der Waals surface area (Å²) in [6.07, 6.45) is 5.33. The van der Waals surface area contributed by atoms with Gasteiger partial charge in [0.2, 0.25) is 5.88 Å². The Balaban J connectivity index is 1.71. The van der Waals surface area contributed by atoms with Gasteiger partial charge in [-0.3, -0.25) is 9.98 Å². The summed E-state index contributed by atoms with van der Waals surface area (Å²) in [5, 5.41) is 0. The van der Waals surface area contributed by atoms with Gasteiger partial charge in [0.15, 0.2) is 0 Å². The average Bonchev–Trinajstić information content (AvgIpc) is 2.78. The van der Waals surface area contributed by atoms with Crippen molar-refractivity contribution in [2.75, 3.05) is 13.2 Å². The highest BCUT2D eigenvalue weighted by atomic mass is 16.5. The van der Waals surface area contributed by atoms with Gasteiger partial charge >= 0.3 is 0 Å². The van der Waals surface area contributed by atoms with Gasteiger partial charge in [-0.1, -0.05) is 24.0 Å². The molecule has 2 aromatic heterocycles. The largest absolute Gasteiger partial charge is 0.438 e. The van der Waals surface area contributed by atoms with Crippen LogP contribution in [0.5, 0.6) is 11.6 Å². The fourth-order valence-corrected chi connectivity index (χ4v) is 3.95. The van der Waals surface area contributed by atoms with Crippen LogP contribution in [0.3, 0.4) is 0 Å². The number of nitrogens with two attached hydrogens (primary N) is 1. The van der Waals surface area contributed by atoms with E-state index < -0.39 is 5.54 Å². The normalized spacial score (nSPS) is 19.2. The zero-order chi connectivity index (χ0) is 22.3. The number of hydrogen-bond donors (Lipinski definition) is 1. The summed E-state index contributed by atoms with van der Waals surface area (Å²) in [5.74, 6) is 8.12. The Kier molecular flexibility index (Phi) is 4.72. The van der Waals surface area contributed by atoms with Gasteiger partial charge in [0.25, 0.3) is 0 Å². The second-order valence-corrected chi connectivity index (χ2v) is 9.09. The topological polar surface area (TPSA) is 82.6 Å². The molecule has 4 heterocycles. The summed E-state index contributed by atoms with van der Waals surface area (Å²) < 4.78 is 12.1. The van der Waals surface area contributed by atoms with Gasteiger partial charge in [0.05, 0.1) is 12.2 Å². The van der Waals surface area contributed by atoms with Gasteiger partial charge < -0.3 is 15.2 Å². The predicted molar refractivity (Wildman–Crippen MR) is 124 cm³/mol. The molecule has 0 saturated carbocycles. The zero-order valence-electron chi connectivity index (χ0n) is 18.3. The van der Waals surface area contributed by atoms with Gasteiger partial charge in [-0.2, -0.15) is 0 Å². The number of benzene rings is 1. The van der Waals surface area contributed by atoms with E-state index in [2.05, 4.69) is 48.6 Å². The number of rotatable bonds is 1. The third-order valence-electron chi connectivity index (χ3n) is 5.40. The van der Waals surface area contributed by atoms with E-state index in [1.807, 2.05) is 36.5 Å². The van der Waals surface area contributed by atoms with E-state index in [4.69, 9.17) is 20.2 Å². The van der Waals surface area contributed by atoms with Crippen LogP contribution in [-0.2, 0) is 10.3 Å². The standard InChI is InChI=1S/C26H24N4O2/c1-25(2,3)9-8-17-11-21-24(29-13-17)32-22-7-6-18(19-5-4-10-28-14-19)12-20(22)26(21)16-31-15-23(27)30-26/h4-7,10-14H,15-16H2,1-3H3,(H2,27,30). The maximum atomic E-state index is 6.19. The third kappa shape index (κ3) is 3.61. The molecule has 160 valence electrons. The first-order valence-electron chi connectivity index (χ1n) is 10.5. The van der Waals surface area contributed by atoms with Gasteiger partial charge in [-0.25, -0.2) is 4.98 Å². The van der Waals surface area contributed by atoms with Crippen molar-refractivity contribution in [3.05, 3.63) is 71.7 Å². The molecule has 0 amide bonds. The highest BCUT2D eigenvalue weighted by Gasteiger charge is 2.45. The van der Waals surface area contributed by atoms with Crippen LogP contribution in [0.1, 0.15) is 37.5 Å². The number of ether oxygens (including phenoxy) is 2. The van der Waals surface area contributed by atoms with Crippen LogP contribution in [0.2, 0.25) is 0 Å². The molecule has 0 radical (unpaired) electrons. The second-order valence-electron chi connectivity index (χ2n) is 9.09. The molecule has 2 aliphatic heterocycles. The molecule has 0 bridgehead atoms. The SMILES string of the molecule is CC(C)(C)C#Cc1cnc2c(c1)C1(COCC(N)=N1)c1cc(-c3cccnc3)ccc1O2. The Hall–Kier alpha value is -3.69. The Labute approximate surface area is 187 Å². The van der Waals surface area contributed by atoms with E-state index >= 15 is 0 Å². The number of nitrogens with zero attached hydrogens (tertiary/aromatic N) is 3. The quantitative estimate of drug-likeness (QED) is 0.590. The lowest BCUT2D eigenvalue weighted by Gasteiger charge is -2.39. The molecule has 32 heavy (non-hydrogen) atoms. The van der Waals surface area contributed by atoms with Crippen LogP contribution in [0.25, 0.3) is 11.1 Å². The van der Waals surface area contributed by atoms with Crippen molar-refractivity contribution < 1.29 is 9.47 Å². The molecule has 6 nitrogen and oxygen atoms in total. The Morgan fingerprint density at radius 2 is 1.94 bits per heavy atom. The van der Waals surface area contributed by atoms with Crippen LogP contribution >= 0.6 is 0 Å². The van der Waals surface area contributed by atoms with Gasteiger partial charge in [-0.15, -0.1) is 0 Å². The molecule has 2 N–H and O–H groups in total. The van der Waals surface area contributed by atoms with Crippen molar-refractivity contribution in [1.29, 1.82) is 0 Å². The monoisotopic (exact) mass is 424 g/mol. The number of amidine groups is 1. The predicted octanol–water partition coefficient (Wildman–Crippen LogP) is 4.28. The van der Waals surface area contributed by atoms with Crippen molar-refractivity contribution in [2.45, 2.75) is 26.3 Å². The summed E-state index contributed by atoms with van der Waals surface area (Å²) in [6.45, 7) is 6.86. The molecule has 3 aromatic rings. The lowest BCUT2D eigenvalue weighted by molar-refractivity contribution is 0.109. The molecule has 1 aromatic carbocycles. The molecule has 1 unspecified atom stereocenters. The summed E-state index contributed by atoms with van der Waals surface area (Å²) in [4.78, 5) is 13.7. The summed E-state index contributed by atoms with van der Waals surface area (Å²) in [7, 11) is 0. The average molecular weight is 425 g/mol. The summed E-state index contributed by atoms with van der Waals surface area (Å²) in [5.41, 5.74) is 9.72. The van der Waals surface area contributed by atoms with Crippen LogP contribution in [0, 0.1) is 17.3 Å². The number of pyridine rings is 2. The second kappa shape index (κ2) is 7.47. The molecular weight excluding hydrogens is 400 g/mol. The Morgan fingerprint density at radius 3 is 2.69 bits per heavy atom. The summed E-state index contributed by atoms with van der Waals surface area (Å²) >= 11 is 0. The first-order valence-corrected chi connectivity index (χ1v) is 10.5. The molecule has 2 aliphatic rings. The van der Waals surface area contributed by atoms with Crippen LogP contribution in [-0.4, -0.2) is 29.0 Å². The van der Waals surface area contributed by atoms with Crippen LogP contribution in [0.15, 0.2) is 60.0 Å². The van der Waals surface area contributed by atoms with Crippen LogP contribution in [0.4, 0.5) is 0 Å². The van der Waals surface area contributed by atoms with Crippen molar-refractivity contribution in [3.63, 3.8) is 0 Å². The number of hydrogen-bond acceptors (Lipinski definition) is 6. The molecule has 0 saturated heterocycles. The van der Waals surface area contributed by atoms with Crippen molar-refractivity contribution in [1.82, 2.24) is 9.97 Å². The van der Waals surface area contributed by atoms with Gasteiger partial charge in [0.1, 0.15) is 23.7 Å². The van der Waals surface area contributed by atoms with E-state index in [-0.39, 0.29) is 5.41 Å². The molecule has 5 rings (SSSR count). The Morgan fingerprint density at radius 1 is 1.06 bits per heavy atom. The maximum Gasteiger partial charge on any atom is 0.225 e. The minimum atomic E-state index is -0.851. The van der Waals surface area contributed by atoms with E-state index in [1.54, 1.807) is 12.4 Å². The number of aliphatic imine (C=N–C) groups is 1. The van der Waals surface area contributed by atoms with Crippen molar-refractivity contribution >= 4 is 5.84 Å². The van der Waals surface area contributed by atoms with Crippen molar-refractivity contribution in [2.24, 2.45) is 16.1 Å². The van der Waals surface area contributed by atoms with Crippen LogP contribution < -0.4 is 10.5 Å². The van der Waals surface area contributed by atoms with E-state index in [0.717, 1.165) is 27.8 Å². The number of aromatic nitrogens is 2. The minimum Gasteiger partial charge on any atom is -0.438 e. The third-order valence-corrected chi connectivity index (χ3v) is 5.40. The van der Waals surface area contributed by atoms with Gasteiger partial charge in [0, 0.05) is 40.7 Å². The van der Waals surface area contributed by atoms with E-state index in [9.17, 15) is 0 Å². The molecular formula is C26H24N4O2. The first kappa shape index (κ1) is 20.2.